The molecule has 0 amide bonds. The first-order valence-corrected chi connectivity index (χ1v) is 6.91. The highest BCUT2D eigenvalue weighted by atomic mass is 32.1. The van der Waals surface area contributed by atoms with Crippen molar-refractivity contribution in [2.75, 3.05) is 5.75 Å². The number of aliphatic hydroxyl groups is 2. The van der Waals surface area contributed by atoms with Crippen LogP contribution in [0.1, 0.15) is 41.3 Å². The molecule has 1 aromatic rings. The summed E-state index contributed by atoms with van der Waals surface area (Å²) in [6.45, 7) is 0. The lowest BCUT2D eigenvalue weighted by molar-refractivity contribution is -0.136. The number of carboxylic acids is 1. The number of hydrogen-bond acceptors (Lipinski definition) is 5. The number of carboxylic acid groups (broad SMARTS) is 1. The van der Waals surface area contributed by atoms with Crippen molar-refractivity contribution in [1.82, 2.24) is 0 Å². The fourth-order valence-corrected chi connectivity index (χ4v) is 2.01. The maximum absolute atomic E-state index is 11.7. The Balaban J connectivity index is 2.68. The van der Waals surface area contributed by atoms with E-state index in [1.807, 2.05) is 0 Å². The molecule has 0 heterocycles. The highest BCUT2D eigenvalue weighted by molar-refractivity contribution is 7.80. The van der Waals surface area contributed by atoms with Crippen molar-refractivity contribution >= 4 is 24.4 Å². The molecule has 5 nitrogen and oxygen atoms in total. The van der Waals surface area contributed by atoms with Gasteiger partial charge in [-0.05, 0) is 17.7 Å². The molecule has 0 radical (unpaired) electrons. The van der Waals surface area contributed by atoms with Crippen LogP contribution in [-0.2, 0) is 4.79 Å². The zero-order valence-electron chi connectivity index (χ0n) is 10.9. The number of ketones is 1. The van der Waals surface area contributed by atoms with Crippen LogP contribution in [0.4, 0.5) is 0 Å². The molecule has 0 aromatic heterocycles. The van der Waals surface area contributed by atoms with Crippen LogP contribution in [0, 0.1) is 0 Å². The molecule has 0 spiro atoms. The first-order valence-electron chi connectivity index (χ1n) is 6.27. The summed E-state index contributed by atoms with van der Waals surface area (Å²) in [5.41, 5.74) is 0.903. The van der Waals surface area contributed by atoms with E-state index in [1.165, 1.54) is 12.1 Å². The Kier molecular flexibility index (Phi) is 6.70. The van der Waals surface area contributed by atoms with E-state index in [0.29, 0.717) is 23.3 Å². The highest BCUT2D eigenvalue weighted by Gasteiger charge is 2.18. The van der Waals surface area contributed by atoms with Gasteiger partial charge in [-0.25, -0.2) is 0 Å². The van der Waals surface area contributed by atoms with Crippen LogP contribution in [0.5, 0.6) is 0 Å². The van der Waals surface area contributed by atoms with Gasteiger partial charge in [-0.1, -0.05) is 24.3 Å². The number of thiol groups is 1. The van der Waals surface area contributed by atoms with Gasteiger partial charge in [0.05, 0.1) is 12.5 Å². The zero-order valence-corrected chi connectivity index (χ0v) is 11.8. The summed E-state index contributed by atoms with van der Waals surface area (Å²) in [5, 5.41) is 28.1. The van der Waals surface area contributed by atoms with Crippen molar-refractivity contribution in [3.8, 4) is 0 Å². The van der Waals surface area contributed by atoms with Gasteiger partial charge in [-0.15, -0.1) is 0 Å². The van der Waals surface area contributed by atoms with E-state index in [4.69, 9.17) is 5.11 Å². The summed E-state index contributed by atoms with van der Waals surface area (Å²) in [4.78, 5) is 22.1. The summed E-state index contributed by atoms with van der Waals surface area (Å²) in [6.07, 6.45) is -1.82. The van der Waals surface area contributed by atoms with Crippen LogP contribution in [0.15, 0.2) is 24.3 Å². The Morgan fingerprint density at radius 1 is 1.10 bits per heavy atom. The molecule has 2 unspecified atom stereocenters. The average molecular weight is 298 g/mol. The standard InChI is InChI=1S/C14H18O5S/c15-11(5-6-13(17)18)9-1-3-10(4-2-9)14(19)12(16)7-8-20/h1-4,12,14,16,19-20H,5-8H2,(H,17,18). The molecule has 6 heteroatoms. The Morgan fingerprint density at radius 2 is 1.70 bits per heavy atom. The predicted molar refractivity (Wildman–Crippen MR) is 77.1 cm³/mol. The van der Waals surface area contributed by atoms with Crippen LogP contribution in [0.3, 0.4) is 0 Å². The van der Waals surface area contributed by atoms with Crippen molar-refractivity contribution < 1.29 is 24.9 Å². The van der Waals surface area contributed by atoms with Gasteiger partial charge in [-0.3, -0.25) is 9.59 Å². The monoisotopic (exact) mass is 298 g/mol. The van der Waals surface area contributed by atoms with E-state index < -0.39 is 18.2 Å². The average Bonchev–Trinajstić information content (AvgIpc) is 2.44. The second kappa shape index (κ2) is 8.04. The van der Waals surface area contributed by atoms with E-state index in [0.717, 1.165) is 0 Å². The van der Waals surface area contributed by atoms with Crippen molar-refractivity contribution in [3.05, 3.63) is 35.4 Å². The predicted octanol–water partition coefficient (Wildman–Crippen LogP) is 1.45. The second-order valence-electron chi connectivity index (χ2n) is 4.46. The van der Waals surface area contributed by atoms with E-state index in [1.54, 1.807) is 12.1 Å². The molecule has 110 valence electrons. The Labute approximate surface area is 122 Å². The molecule has 0 fully saturated rings. The van der Waals surface area contributed by atoms with Crippen molar-refractivity contribution in [2.24, 2.45) is 0 Å². The summed E-state index contributed by atoms with van der Waals surface area (Å²) >= 11 is 3.99. The van der Waals surface area contributed by atoms with Crippen LogP contribution >= 0.6 is 12.6 Å². The molecule has 0 bridgehead atoms. The molecular formula is C14H18O5S. The molecule has 0 aliphatic carbocycles. The third-order valence-electron chi connectivity index (χ3n) is 2.93. The number of aliphatic hydroxyl groups excluding tert-OH is 2. The number of benzene rings is 1. The van der Waals surface area contributed by atoms with E-state index in [-0.39, 0.29) is 18.6 Å². The SMILES string of the molecule is O=C(O)CCC(=O)c1ccc(C(O)C(O)CCS)cc1. The fraction of sp³-hybridized carbons (Fsp3) is 0.429. The van der Waals surface area contributed by atoms with E-state index in [9.17, 15) is 19.8 Å². The molecular weight excluding hydrogens is 280 g/mol. The lowest BCUT2D eigenvalue weighted by Gasteiger charge is -2.17. The summed E-state index contributed by atoms with van der Waals surface area (Å²) in [6, 6.07) is 6.16. The third kappa shape index (κ3) is 4.96. The van der Waals surface area contributed by atoms with Gasteiger partial charge in [0.15, 0.2) is 5.78 Å². The molecule has 3 N–H and O–H groups in total. The first-order chi connectivity index (χ1) is 9.45. The molecule has 1 aromatic carbocycles. The molecule has 0 aliphatic rings. The molecule has 0 saturated heterocycles. The van der Waals surface area contributed by atoms with E-state index >= 15 is 0 Å². The third-order valence-corrected chi connectivity index (χ3v) is 3.19. The Morgan fingerprint density at radius 3 is 2.20 bits per heavy atom. The number of rotatable bonds is 8. The van der Waals surface area contributed by atoms with Crippen molar-refractivity contribution in [1.29, 1.82) is 0 Å². The molecule has 20 heavy (non-hydrogen) atoms. The zero-order chi connectivity index (χ0) is 15.1. The van der Waals surface area contributed by atoms with Crippen LogP contribution in [0.25, 0.3) is 0 Å². The molecule has 0 aliphatic heterocycles. The fourth-order valence-electron chi connectivity index (χ4n) is 1.74. The highest BCUT2D eigenvalue weighted by Crippen LogP contribution is 2.20. The summed E-state index contributed by atoms with van der Waals surface area (Å²) < 4.78 is 0. The van der Waals surface area contributed by atoms with Crippen LogP contribution in [-0.4, -0.2) is 38.9 Å². The number of carbonyl (C=O) groups is 2. The first kappa shape index (κ1) is 16.7. The molecule has 2 atom stereocenters. The minimum atomic E-state index is -1.02. The Hall–Kier alpha value is -1.37. The largest absolute Gasteiger partial charge is 0.481 e. The number of hydrogen-bond donors (Lipinski definition) is 4. The summed E-state index contributed by atoms with van der Waals surface area (Å²) in [7, 11) is 0. The van der Waals surface area contributed by atoms with Crippen molar-refractivity contribution in [2.45, 2.75) is 31.5 Å². The van der Waals surface area contributed by atoms with Gasteiger partial charge in [0.1, 0.15) is 6.10 Å². The minimum Gasteiger partial charge on any atom is -0.481 e. The van der Waals surface area contributed by atoms with Gasteiger partial charge in [0.25, 0.3) is 0 Å². The maximum atomic E-state index is 11.7. The molecule has 0 saturated carbocycles. The van der Waals surface area contributed by atoms with Gasteiger partial charge >= 0.3 is 5.97 Å². The Bertz CT molecular complexity index is 457. The van der Waals surface area contributed by atoms with Gasteiger partial charge in [0.2, 0.25) is 0 Å². The number of Topliss-reactive ketones (excluding diaryl/α,β-unsaturated/α-hetero) is 1. The van der Waals surface area contributed by atoms with Crippen LogP contribution in [0.2, 0.25) is 0 Å². The smallest absolute Gasteiger partial charge is 0.303 e. The normalized spacial score (nSPS) is 13.8. The maximum Gasteiger partial charge on any atom is 0.303 e. The second-order valence-corrected chi connectivity index (χ2v) is 4.91. The lowest BCUT2D eigenvalue weighted by Crippen LogP contribution is -2.18. The van der Waals surface area contributed by atoms with Crippen molar-refractivity contribution in [3.63, 3.8) is 0 Å². The number of aliphatic carboxylic acids is 1. The molecule has 1 rings (SSSR count). The topological polar surface area (TPSA) is 94.8 Å². The van der Waals surface area contributed by atoms with E-state index in [2.05, 4.69) is 12.6 Å². The van der Waals surface area contributed by atoms with Gasteiger partial charge < -0.3 is 15.3 Å². The quantitative estimate of drug-likeness (QED) is 0.430. The lowest BCUT2D eigenvalue weighted by atomic mass is 9.99. The van der Waals surface area contributed by atoms with Gasteiger partial charge in [0, 0.05) is 12.0 Å². The summed E-state index contributed by atoms with van der Waals surface area (Å²) in [5.74, 6) is -0.811. The van der Waals surface area contributed by atoms with Gasteiger partial charge in [-0.2, -0.15) is 12.6 Å². The minimum absolute atomic E-state index is 0.0560. The van der Waals surface area contributed by atoms with Crippen LogP contribution < -0.4 is 0 Å². The number of carbonyl (C=O) groups excluding carboxylic acids is 1.